The Morgan fingerprint density at radius 2 is 2.00 bits per heavy atom. The molecule has 2 unspecified atom stereocenters. The third kappa shape index (κ3) is 3.44. The zero-order valence-electron chi connectivity index (χ0n) is 10.7. The standard InChI is InChI=1S/C13H26N2O/c1-11(12-5-8-16-9-6-12)14-13-4-3-7-15(2)10-13/h11-14H,3-10H2,1-2H3. The summed E-state index contributed by atoms with van der Waals surface area (Å²) in [5.74, 6) is 0.820. The summed E-state index contributed by atoms with van der Waals surface area (Å²) in [6.07, 6.45) is 5.15. The molecule has 0 amide bonds. The number of hydrogen-bond donors (Lipinski definition) is 1. The van der Waals surface area contributed by atoms with Crippen LogP contribution < -0.4 is 5.32 Å². The summed E-state index contributed by atoms with van der Waals surface area (Å²) in [5, 5.41) is 3.82. The second kappa shape index (κ2) is 5.99. The van der Waals surface area contributed by atoms with Gasteiger partial charge in [-0.05, 0) is 52.1 Å². The molecule has 0 bridgehead atoms. The summed E-state index contributed by atoms with van der Waals surface area (Å²) in [4.78, 5) is 2.44. The van der Waals surface area contributed by atoms with Crippen LogP contribution in [0, 0.1) is 5.92 Å². The SMILES string of the molecule is CC(NC1CCCN(C)C1)C1CCOCC1. The number of likely N-dealkylation sites (N-methyl/N-ethyl adjacent to an activating group) is 1. The van der Waals surface area contributed by atoms with E-state index in [2.05, 4.69) is 24.2 Å². The molecule has 0 spiro atoms. The number of nitrogens with zero attached hydrogens (tertiary/aromatic N) is 1. The monoisotopic (exact) mass is 226 g/mol. The van der Waals surface area contributed by atoms with Crippen molar-refractivity contribution in [2.45, 2.75) is 44.7 Å². The second-order valence-electron chi connectivity index (χ2n) is 5.51. The Hall–Kier alpha value is -0.120. The molecular formula is C13H26N2O. The second-order valence-corrected chi connectivity index (χ2v) is 5.51. The lowest BCUT2D eigenvalue weighted by Crippen LogP contribution is -2.49. The first-order valence-corrected chi connectivity index (χ1v) is 6.78. The lowest BCUT2D eigenvalue weighted by atomic mass is 9.91. The minimum absolute atomic E-state index is 0.653. The predicted octanol–water partition coefficient (Wildman–Crippen LogP) is 1.49. The third-order valence-corrected chi connectivity index (χ3v) is 4.10. The van der Waals surface area contributed by atoms with Gasteiger partial charge in [-0.15, -0.1) is 0 Å². The van der Waals surface area contributed by atoms with Gasteiger partial charge in [0.25, 0.3) is 0 Å². The summed E-state index contributed by atoms with van der Waals surface area (Å²) >= 11 is 0. The van der Waals surface area contributed by atoms with E-state index in [1.165, 1.54) is 38.8 Å². The first kappa shape index (κ1) is 12.3. The predicted molar refractivity (Wildman–Crippen MR) is 66.7 cm³/mol. The van der Waals surface area contributed by atoms with E-state index in [9.17, 15) is 0 Å². The van der Waals surface area contributed by atoms with E-state index < -0.39 is 0 Å². The van der Waals surface area contributed by atoms with Crippen LogP contribution in [0.2, 0.25) is 0 Å². The van der Waals surface area contributed by atoms with Crippen LogP contribution in [-0.2, 0) is 4.74 Å². The summed E-state index contributed by atoms with van der Waals surface area (Å²) in [6.45, 7) is 6.75. The van der Waals surface area contributed by atoms with Crippen molar-refractivity contribution in [2.75, 3.05) is 33.4 Å². The summed E-state index contributed by atoms with van der Waals surface area (Å²) in [5.41, 5.74) is 0. The maximum Gasteiger partial charge on any atom is 0.0469 e. The van der Waals surface area contributed by atoms with Gasteiger partial charge >= 0.3 is 0 Å². The molecule has 2 saturated heterocycles. The number of hydrogen-bond acceptors (Lipinski definition) is 3. The van der Waals surface area contributed by atoms with Crippen molar-refractivity contribution in [3.8, 4) is 0 Å². The molecule has 2 aliphatic heterocycles. The van der Waals surface area contributed by atoms with Crippen molar-refractivity contribution in [3.63, 3.8) is 0 Å². The highest BCUT2D eigenvalue weighted by molar-refractivity contribution is 4.82. The number of nitrogens with one attached hydrogen (secondary N) is 1. The number of likely N-dealkylation sites (tertiary alicyclic amines) is 1. The fourth-order valence-corrected chi connectivity index (χ4v) is 3.03. The van der Waals surface area contributed by atoms with E-state index in [1.54, 1.807) is 0 Å². The molecule has 94 valence electrons. The largest absolute Gasteiger partial charge is 0.381 e. The summed E-state index contributed by atoms with van der Waals surface area (Å²) in [6, 6.07) is 1.36. The Kier molecular flexibility index (Phi) is 4.62. The van der Waals surface area contributed by atoms with Crippen LogP contribution in [0.3, 0.4) is 0 Å². The van der Waals surface area contributed by atoms with E-state index in [1.807, 2.05) is 0 Å². The summed E-state index contributed by atoms with van der Waals surface area (Å²) < 4.78 is 5.42. The lowest BCUT2D eigenvalue weighted by molar-refractivity contribution is 0.0525. The van der Waals surface area contributed by atoms with Gasteiger partial charge < -0.3 is 15.0 Å². The molecule has 0 aliphatic carbocycles. The Bertz CT molecular complexity index is 204. The van der Waals surface area contributed by atoms with Crippen molar-refractivity contribution < 1.29 is 4.74 Å². The molecular weight excluding hydrogens is 200 g/mol. The van der Waals surface area contributed by atoms with Gasteiger partial charge in [0.1, 0.15) is 0 Å². The molecule has 0 aromatic rings. The minimum atomic E-state index is 0.653. The van der Waals surface area contributed by atoms with Gasteiger partial charge in [0, 0.05) is 31.8 Å². The van der Waals surface area contributed by atoms with Crippen molar-refractivity contribution >= 4 is 0 Å². The van der Waals surface area contributed by atoms with Crippen molar-refractivity contribution in [1.29, 1.82) is 0 Å². The molecule has 3 heteroatoms. The van der Waals surface area contributed by atoms with Gasteiger partial charge in [-0.3, -0.25) is 0 Å². The van der Waals surface area contributed by atoms with Crippen molar-refractivity contribution in [1.82, 2.24) is 10.2 Å². The van der Waals surface area contributed by atoms with Crippen LogP contribution in [0.1, 0.15) is 32.6 Å². The minimum Gasteiger partial charge on any atom is -0.381 e. The number of piperidine rings is 1. The van der Waals surface area contributed by atoms with Gasteiger partial charge in [0.15, 0.2) is 0 Å². The number of ether oxygens (including phenoxy) is 1. The average molecular weight is 226 g/mol. The third-order valence-electron chi connectivity index (χ3n) is 4.10. The van der Waals surface area contributed by atoms with Crippen LogP contribution in [0.4, 0.5) is 0 Å². The van der Waals surface area contributed by atoms with Crippen LogP contribution in [-0.4, -0.2) is 50.3 Å². The van der Waals surface area contributed by atoms with Gasteiger partial charge in [0.2, 0.25) is 0 Å². The van der Waals surface area contributed by atoms with E-state index in [-0.39, 0.29) is 0 Å². The van der Waals surface area contributed by atoms with E-state index in [0.717, 1.165) is 19.1 Å². The van der Waals surface area contributed by atoms with Crippen LogP contribution in [0.25, 0.3) is 0 Å². The Labute approximate surface area is 99.5 Å². The lowest BCUT2D eigenvalue weighted by Gasteiger charge is -2.36. The first-order valence-electron chi connectivity index (χ1n) is 6.78. The molecule has 2 fully saturated rings. The Balaban J connectivity index is 1.74. The van der Waals surface area contributed by atoms with Crippen LogP contribution in [0.5, 0.6) is 0 Å². The first-order chi connectivity index (χ1) is 7.75. The molecule has 2 aliphatic rings. The smallest absolute Gasteiger partial charge is 0.0469 e. The van der Waals surface area contributed by atoms with E-state index in [0.29, 0.717) is 12.1 Å². The Morgan fingerprint density at radius 1 is 1.25 bits per heavy atom. The van der Waals surface area contributed by atoms with Gasteiger partial charge in [-0.2, -0.15) is 0 Å². The maximum absolute atomic E-state index is 5.42. The zero-order chi connectivity index (χ0) is 11.4. The normalized spacial score (nSPS) is 31.5. The molecule has 2 atom stereocenters. The van der Waals surface area contributed by atoms with E-state index in [4.69, 9.17) is 4.74 Å². The molecule has 0 radical (unpaired) electrons. The highest BCUT2D eigenvalue weighted by Gasteiger charge is 2.24. The average Bonchev–Trinajstić information content (AvgIpc) is 2.30. The Morgan fingerprint density at radius 3 is 2.69 bits per heavy atom. The molecule has 0 aromatic carbocycles. The zero-order valence-corrected chi connectivity index (χ0v) is 10.7. The maximum atomic E-state index is 5.42. The van der Waals surface area contributed by atoms with Crippen LogP contribution in [0.15, 0.2) is 0 Å². The fraction of sp³-hybridized carbons (Fsp3) is 1.00. The summed E-state index contributed by atoms with van der Waals surface area (Å²) in [7, 11) is 2.23. The fourth-order valence-electron chi connectivity index (χ4n) is 3.03. The van der Waals surface area contributed by atoms with Gasteiger partial charge in [0.05, 0.1) is 0 Å². The number of rotatable bonds is 3. The molecule has 2 heterocycles. The molecule has 0 aromatic heterocycles. The molecule has 2 rings (SSSR count). The molecule has 0 saturated carbocycles. The van der Waals surface area contributed by atoms with Gasteiger partial charge in [-0.1, -0.05) is 0 Å². The van der Waals surface area contributed by atoms with Crippen molar-refractivity contribution in [2.24, 2.45) is 5.92 Å². The van der Waals surface area contributed by atoms with Gasteiger partial charge in [-0.25, -0.2) is 0 Å². The quantitative estimate of drug-likeness (QED) is 0.789. The molecule has 1 N–H and O–H groups in total. The topological polar surface area (TPSA) is 24.5 Å². The van der Waals surface area contributed by atoms with E-state index >= 15 is 0 Å². The molecule has 3 nitrogen and oxygen atoms in total. The van der Waals surface area contributed by atoms with Crippen molar-refractivity contribution in [3.05, 3.63) is 0 Å². The highest BCUT2D eigenvalue weighted by atomic mass is 16.5. The molecule has 16 heavy (non-hydrogen) atoms. The van der Waals surface area contributed by atoms with Crippen LogP contribution >= 0.6 is 0 Å². The highest BCUT2D eigenvalue weighted by Crippen LogP contribution is 2.20.